The molecule has 4 rings (SSSR count). The average Bonchev–Trinajstić information content (AvgIpc) is 3.15. The fourth-order valence-corrected chi connectivity index (χ4v) is 4.95. The van der Waals surface area contributed by atoms with Crippen LogP contribution in [0.5, 0.6) is 5.75 Å². The number of fused-ring (bicyclic) bond motifs is 1. The SMILES string of the molecule is O=C(COc1ccc2c(c1)CCC2)NC1CCN([C@@H]2CCCC[C@H]2O)CC1. The van der Waals surface area contributed by atoms with Crippen molar-refractivity contribution in [3.63, 3.8) is 0 Å². The first-order chi connectivity index (χ1) is 13.2. The molecule has 2 N–H and O–H groups in total. The summed E-state index contributed by atoms with van der Waals surface area (Å²) in [6, 6.07) is 6.73. The number of carbonyl (C=O) groups is 1. The van der Waals surface area contributed by atoms with Crippen molar-refractivity contribution in [1.29, 1.82) is 0 Å². The van der Waals surface area contributed by atoms with E-state index >= 15 is 0 Å². The summed E-state index contributed by atoms with van der Waals surface area (Å²) in [5.74, 6) is 0.763. The quantitative estimate of drug-likeness (QED) is 0.833. The lowest BCUT2D eigenvalue weighted by molar-refractivity contribution is -0.124. The second-order valence-electron chi connectivity index (χ2n) is 8.37. The molecule has 1 aliphatic heterocycles. The molecule has 2 aliphatic carbocycles. The average molecular weight is 373 g/mol. The molecule has 27 heavy (non-hydrogen) atoms. The second kappa shape index (κ2) is 8.61. The molecule has 1 aromatic carbocycles. The Morgan fingerprint density at radius 1 is 1.07 bits per heavy atom. The molecule has 5 heteroatoms. The molecular weight excluding hydrogens is 340 g/mol. The zero-order valence-electron chi connectivity index (χ0n) is 16.2. The Morgan fingerprint density at radius 3 is 2.67 bits per heavy atom. The summed E-state index contributed by atoms with van der Waals surface area (Å²) >= 11 is 0. The summed E-state index contributed by atoms with van der Waals surface area (Å²) < 4.78 is 5.71. The van der Waals surface area contributed by atoms with E-state index in [-0.39, 0.29) is 24.7 Å². The van der Waals surface area contributed by atoms with E-state index in [1.54, 1.807) is 0 Å². The third-order valence-electron chi connectivity index (χ3n) is 6.50. The minimum atomic E-state index is -0.175. The molecule has 0 aromatic heterocycles. The first-order valence-corrected chi connectivity index (χ1v) is 10.6. The highest BCUT2D eigenvalue weighted by Crippen LogP contribution is 2.27. The van der Waals surface area contributed by atoms with E-state index in [0.29, 0.717) is 6.04 Å². The smallest absolute Gasteiger partial charge is 0.258 e. The first-order valence-electron chi connectivity index (χ1n) is 10.6. The second-order valence-corrected chi connectivity index (χ2v) is 8.37. The van der Waals surface area contributed by atoms with E-state index in [1.807, 2.05) is 6.07 Å². The number of rotatable bonds is 5. The van der Waals surface area contributed by atoms with E-state index in [0.717, 1.165) is 63.8 Å². The van der Waals surface area contributed by atoms with Gasteiger partial charge in [0.05, 0.1) is 6.10 Å². The Kier molecular flexibility index (Phi) is 5.98. The summed E-state index contributed by atoms with van der Waals surface area (Å²) in [5, 5.41) is 13.4. The van der Waals surface area contributed by atoms with Crippen LogP contribution in [0.25, 0.3) is 0 Å². The van der Waals surface area contributed by atoms with Crippen molar-refractivity contribution in [3.8, 4) is 5.75 Å². The van der Waals surface area contributed by atoms with Crippen LogP contribution in [-0.4, -0.2) is 53.8 Å². The van der Waals surface area contributed by atoms with Crippen molar-refractivity contribution in [2.75, 3.05) is 19.7 Å². The van der Waals surface area contributed by atoms with Gasteiger partial charge in [0.25, 0.3) is 5.91 Å². The number of nitrogens with one attached hydrogen (secondary N) is 1. The van der Waals surface area contributed by atoms with Crippen LogP contribution in [0.4, 0.5) is 0 Å². The number of ether oxygens (including phenoxy) is 1. The van der Waals surface area contributed by atoms with E-state index in [2.05, 4.69) is 22.3 Å². The number of aryl methyl sites for hydroxylation is 2. The summed E-state index contributed by atoms with van der Waals surface area (Å²) in [6.45, 7) is 2.00. The monoisotopic (exact) mass is 372 g/mol. The van der Waals surface area contributed by atoms with Gasteiger partial charge >= 0.3 is 0 Å². The number of likely N-dealkylation sites (tertiary alicyclic amines) is 1. The lowest BCUT2D eigenvalue weighted by Crippen LogP contribution is -2.52. The van der Waals surface area contributed by atoms with Gasteiger partial charge in [0, 0.05) is 25.2 Å². The van der Waals surface area contributed by atoms with Crippen LogP contribution in [0.3, 0.4) is 0 Å². The van der Waals surface area contributed by atoms with Gasteiger partial charge in [0.2, 0.25) is 0 Å². The molecule has 5 nitrogen and oxygen atoms in total. The largest absolute Gasteiger partial charge is 0.484 e. The lowest BCUT2D eigenvalue weighted by atomic mass is 9.89. The molecule has 0 unspecified atom stereocenters. The fourth-order valence-electron chi connectivity index (χ4n) is 4.95. The summed E-state index contributed by atoms with van der Waals surface area (Å²) in [6.07, 6.45) is 9.63. The number of aliphatic hydroxyl groups excluding tert-OH is 1. The molecule has 1 saturated carbocycles. The summed E-state index contributed by atoms with van der Waals surface area (Å²) in [4.78, 5) is 14.7. The molecule has 2 fully saturated rings. The zero-order valence-corrected chi connectivity index (χ0v) is 16.2. The van der Waals surface area contributed by atoms with Gasteiger partial charge in [-0.3, -0.25) is 9.69 Å². The molecule has 0 radical (unpaired) electrons. The molecule has 3 aliphatic rings. The normalized spacial score (nSPS) is 26.6. The molecule has 1 amide bonds. The standard InChI is InChI=1S/C22H32N2O3/c25-21-7-2-1-6-20(21)24-12-10-18(11-13-24)23-22(26)15-27-19-9-8-16-4-3-5-17(16)14-19/h8-9,14,18,20-21,25H,1-7,10-13,15H2,(H,23,26)/t20-,21-/m1/s1. The highest BCUT2D eigenvalue weighted by Gasteiger charge is 2.31. The summed E-state index contributed by atoms with van der Waals surface area (Å²) in [5.41, 5.74) is 2.78. The number of hydrogen-bond acceptors (Lipinski definition) is 4. The van der Waals surface area contributed by atoms with E-state index < -0.39 is 0 Å². The van der Waals surface area contributed by atoms with Gasteiger partial charge in [-0.15, -0.1) is 0 Å². The van der Waals surface area contributed by atoms with Crippen molar-refractivity contribution in [2.24, 2.45) is 0 Å². The molecule has 2 atom stereocenters. The molecule has 1 aromatic rings. The van der Waals surface area contributed by atoms with Crippen molar-refractivity contribution in [3.05, 3.63) is 29.3 Å². The van der Waals surface area contributed by atoms with Gasteiger partial charge in [-0.25, -0.2) is 0 Å². The van der Waals surface area contributed by atoms with E-state index in [1.165, 1.54) is 24.0 Å². The van der Waals surface area contributed by atoms with E-state index in [4.69, 9.17) is 4.74 Å². The highest BCUT2D eigenvalue weighted by atomic mass is 16.5. The number of piperidine rings is 1. The van der Waals surface area contributed by atoms with Crippen molar-refractivity contribution in [2.45, 2.75) is 76.0 Å². The van der Waals surface area contributed by atoms with Gasteiger partial charge in [-0.1, -0.05) is 18.9 Å². The van der Waals surface area contributed by atoms with Gasteiger partial charge in [0.15, 0.2) is 6.61 Å². The molecule has 0 bridgehead atoms. The number of carbonyl (C=O) groups excluding carboxylic acids is 1. The Labute approximate surface area is 162 Å². The number of amides is 1. The van der Waals surface area contributed by atoms with Crippen molar-refractivity contribution in [1.82, 2.24) is 10.2 Å². The number of benzene rings is 1. The minimum absolute atomic E-state index is 0.0355. The molecule has 1 saturated heterocycles. The highest BCUT2D eigenvalue weighted by molar-refractivity contribution is 5.77. The summed E-state index contributed by atoms with van der Waals surface area (Å²) in [7, 11) is 0. The Morgan fingerprint density at radius 2 is 1.85 bits per heavy atom. The topological polar surface area (TPSA) is 61.8 Å². The van der Waals surface area contributed by atoms with Gasteiger partial charge in [0.1, 0.15) is 5.75 Å². The predicted molar refractivity (Wildman–Crippen MR) is 105 cm³/mol. The van der Waals surface area contributed by atoms with Crippen molar-refractivity contribution >= 4 is 5.91 Å². The maximum atomic E-state index is 12.3. The van der Waals surface area contributed by atoms with Crippen LogP contribution in [-0.2, 0) is 17.6 Å². The Balaban J connectivity index is 1.19. The predicted octanol–water partition coefficient (Wildman–Crippen LogP) is 2.44. The molecule has 1 heterocycles. The van der Waals surface area contributed by atoms with Gasteiger partial charge < -0.3 is 15.2 Å². The van der Waals surface area contributed by atoms with Crippen LogP contribution < -0.4 is 10.1 Å². The van der Waals surface area contributed by atoms with Crippen LogP contribution >= 0.6 is 0 Å². The van der Waals surface area contributed by atoms with Gasteiger partial charge in [-0.2, -0.15) is 0 Å². The molecule has 0 spiro atoms. The number of hydrogen-bond donors (Lipinski definition) is 2. The van der Waals surface area contributed by atoms with Gasteiger partial charge in [-0.05, 0) is 68.2 Å². The fraction of sp³-hybridized carbons (Fsp3) is 0.682. The number of nitrogens with zero attached hydrogens (tertiary/aromatic N) is 1. The third-order valence-corrected chi connectivity index (χ3v) is 6.50. The molecular formula is C22H32N2O3. The maximum absolute atomic E-state index is 12.3. The van der Waals surface area contributed by atoms with Crippen LogP contribution in [0.15, 0.2) is 18.2 Å². The Bertz CT molecular complexity index is 655. The van der Waals surface area contributed by atoms with E-state index in [9.17, 15) is 9.90 Å². The Hall–Kier alpha value is -1.59. The maximum Gasteiger partial charge on any atom is 0.258 e. The third kappa shape index (κ3) is 4.64. The van der Waals surface area contributed by atoms with Crippen molar-refractivity contribution < 1.29 is 14.6 Å². The van der Waals surface area contributed by atoms with Crippen LogP contribution in [0.2, 0.25) is 0 Å². The lowest BCUT2D eigenvalue weighted by Gasteiger charge is -2.41. The first kappa shape index (κ1) is 18.8. The zero-order chi connectivity index (χ0) is 18.6. The van der Waals surface area contributed by atoms with Crippen LogP contribution in [0, 0.1) is 0 Å². The number of aliphatic hydroxyl groups is 1. The molecule has 148 valence electrons. The minimum Gasteiger partial charge on any atom is -0.484 e. The van der Waals surface area contributed by atoms with Crippen LogP contribution in [0.1, 0.15) is 56.1 Å².